The van der Waals surface area contributed by atoms with Crippen molar-refractivity contribution in [1.29, 1.82) is 0 Å². The maximum atomic E-state index is 12.1. The van der Waals surface area contributed by atoms with Crippen LogP contribution in [0.2, 0.25) is 0 Å². The highest BCUT2D eigenvalue weighted by Crippen LogP contribution is 2.41. The van der Waals surface area contributed by atoms with Gasteiger partial charge >= 0.3 is 0 Å². The van der Waals surface area contributed by atoms with Crippen molar-refractivity contribution >= 4 is 15.9 Å². The summed E-state index contributed by atoms with van der Waals surface area (Å²) in [5.74, 6) is 0.879. The first-order valence-electron chi connectivity index (χ1n) is 5.89. The highest BCUT2D eigenvalue weighted by atomic mass is 79.9. The zero-order valence-corrected chi connectivity index (χ0v) is 11.8. The van der Waals surface area contributed by atoms with Crippen LogP contribution in [0.3, 0.4) is 0 Å². The molecule has 0 amide bonds. The lowest BCUT2D eigenvalue weighted by atomic mass is 10.3. The van der Waals surface area contributed by atoms with Gasteiger partial charge < -0.3 is 0 Å². The standard InChI is InChI=1S/C12H13BrN4O/c1-6-5-7(2)15-12(14-6)17-11(18)9(13)10(16-17)8-3-4-8/h5,8,16H,3-4H2,1-2H3. The second kappa shape index (κ2) is 4.05. The summed E-state index contributed by atoms with van der Waals surface area (Å²) < 4.78 is 2.02. The molecule has 0 aliphatic heterocycles. The predicted octanol–water partition coefficient (Wildman–Crippen LogP) is 2.21. The molecule has 0 spiro atoms. The zero-order chi connectivity index (χ0) is 12.9. The Bertz CT molecular complexity index is 649. The number of nitrogens with zero attached hydrogens (tertiary/aromatic N) is 3. The van der Waals surface area contributed by atoms with Crippen molar-refractivity contribution in [3.63, 3.8) is 0 Å². The minimum atomic E-state index is -0.123. The third kappa shape index (κ3) is 1.90. The summed E-state index contributed by atoms with van der Waals surface area (Å²) in [6.45, 7) is 3.78. The molecule has 1 saturated carbocycles. The monoisotopic (exact) mass is 308 g/mol. The molecule has 0 bridgehead atoms. The maximum absolute atomic E-state index is 12.1. The SMILES string of the molecule is Cc1cc(C)nc(-n2[nH]c(C3CC3)c(Br)c2=O)n1. The zero-order valence-electron chi connectivity index (χ0n) is 10.2. The Kier molecular flexibility index (Phi) is 2.62. The van der Waals surface area contributed by atoms with Gasteiger partial charge in [0, 0.05) is 17.3 Å². The summed E-state index contributed by atoms with van der Waals surface area (Å²) >= 11 is 3.36. The van der Waals surface area contributed by atoms with Gasteiger partial charge in [-0.1, -0.05) is 0 Å². The van der Waals surface area contributed by atoms with Gasteiger partial charge in [0.05, 0.1) is 5.69 Å². The van der Waals surface area contributed by atoms with Crippen molar-refractivity contribution in [1.82, 2.24) is 19.7 Å². The average Bonchev–Trinajstić information content (AvgIpc) is 3.07. The van der Waals surface area contributed by atoms with E-state index in [1.807, 2.05) is 19.9 Å². The van der Waals surface area contributed by atoms with Gasteiger partial charge in [0.15, 0.2) is 0 Å². The maximum Gasteiger partial charge on any atom is 0.288 e. The molecular weight excluding hydrogens is 296 g/mol. The lowest BCUT2D eigenvalue weighted by Crippen LogP contribution is -2.18. The molecule has 5 nitrogen and oxygen atoms in total. The second-order valence-electron chi connectivity index (χ2n) is 4.71. The molecule has 0 atom stereocenters. The number of aryl methyl sites for hydroxylation is 2. The van der Waals surface area contributed by atoms with Crippen LogP contribution in [0, 0.1) is 13.8 Å². The largest absolute Gasteiger partial charge is 0.291 e. The number of H-pyrrole nitrogens is 1. The number of hydrogen-bond donors (Lipinski definition) is 1. The first-order chi connectivity index (χ1) is 8.56. The van der Waals surface area contributed by atoms with E-state index in [2.05, 4.69) is 31.0 Å². The number of rotatable bonds is 2. The first kappa shape index (κ1) is 11.6. The normalized spacial score (nSPS) is 15.1. The predicted molar refractivity (Wildman–Crippen MR) is 71.1 cm³/mol. The van der Waals surface area contributed by atoms with Crippen molar-refractivity contribution in [3.8, 4) is 5.95 Å². The molecule has 1 fully saturated rings. The molecule has 1 aliphatic rings. The Morgan fingerprint density at radius 1 is 1.33 bits per heavy atom. The third-order valence-corrected chi connectivity index (χ3v) is 3.78. The van der Waals surface area contributed by atoms with E-state index in [1.54, 1.807) is 0 Å². The van der Waals surface area contributed by atoms with Crippen LogP contribution >= 0.6 is 15.9 Å². The van der Waals surface area contributed by atoms with E-state index in [9.17, 15) is 4.79 Å². The van der Waals surface area contributed by atoms with Crippen molar-refractivity contribution < 1.29 is 0 Å². The highest BCUT2D eigenvalue weighted by molar-refractivity contribution is 9.10. The molecule has 0 unspecified atom stereocenters. The van der Waals surface area contributed by atoms with Crippen LogP contribution in [0.25, 0.3) is 5.95 Å². The highest BCUT2D eigenvalue weighted by Gasteiger charge is 2.30. The Balaban J connectivity index is 2.16. The van der Waals surface area contributed by atoms with Crippen LogP contribution in [0.4, 0.5) is 0 Å². The quantitative estimate of drug-likeness (QED) is 0.925. The summed E-state index contributed by atoms with van der Waals surface area (Å²) in [6.07, 6.45) is 2.26. The molecule has 1 aliphatic carbocycles. The summed E-state index contributed by atoms with van der Waals surface area (Å²) in [7, 11) is 0. The van der Waals surface area contributed by atoms with Gasteiger partial charge in [-0.05, 0) is 48.7 Å². The van der Waals surface area contributed by atoms with Crippen molar-refractivity contribution in [2.45, 2.75) is 32.6 Å². The van der Waals surface area contributed by atoms with Crippen molar-refractivity contribution in [2.24, 2.45) is 0 Å². The van der Waals surface area contributed by atoms with Crippen LogP contribution < -0.4 is 5.56 Å². The number of hydrogen-bond acceptors (Lipinski definition) is 3. The van der Waals surface area contributed by atoms with Gasteiger partial charge in [0.2, 0.25) is 0 Å². The Labute approximate surface area is 112 Å². The van der Waals surface area contributed by atoms with Crippen LogP contribution in [0.1, 0.15) is 35.8 Å². The smallest absolute Gasteiger partial charge is 0.288 e. The Morgan fingerprint density at radius 2 is 1.94 bits per heavy atom. The number of halogens is 1. The van der Waals surface area contributed by atoms with Gasteiger partial charge in [0.25, 0.3) is 11.5 Å². The number of aromatic amines is 1. The van der Waals surface area contributed by atoms with Gasteiger partial charge in [-0.25, -0.2) is 9.97 Å². The summed E-state index contributed by atoms with van der Waals surface area (Å²) in [4.78, 5) is 20.7. The molecule has 2 heterocycles. The van der Waals surface area contributed by atoms with Crippen molar-refractivity contribution in [3.05, 3.63) is 38.0 Å². The number of aromatic nitrogens is 4. The van der Waals surface area contributed by atoms with E-state index in [0.29, 0.717) is 16.3 Å². The molecule has 0 aromatic carbocycles. The van der Waals surface area contributed by atoms with Crippen LogP contribution in [-0.4, -0.2) is 19.7 Å². The molecule has 6 heteroatoms. The third-order valence-electron chi connectivity index (χ3n) is 3.02. The molecule has 94 valence electrons. The van der Waals surface area contributed by atoms with E-state index >= 15 is 0 Å². The summed E-state index contributed by atoms with van der Waals surface area (Å²) in [5.41, 5.74) is 2.54. The Hall–Kier alpha value is -1.43. The van der Waals surface area contributed by atoms with Crippen LogP contribution in [0.5, 0.6) is 0 Å². The summed E-state index contributed by atoms with van der Waals surface area (Å²) in [5, 5.41) is 3.11. The molecule has 0 saturated heterocycles. The molecule has 2 aromatic rings. The van der Waals surface area contributed by atoms with Crippen LogP contribution in [-0.2, 0) is 0 Å². The minimum absolute atomic E-state index is 0.123. The lowest BCUT2D eigenvalue weighted by molar-refractivity contribution is 0.753. The minimum Gasteiger partial charge on any atom is -0.291 e. The second-order valence-corrected chi connectivity index (χ2v) is 5.50. The van der Waals surface area contributed by atoms with E-state index in [4.69, 9.17) is 0 Å². The van der Waals surface area contributed by atoms with Gasteiger partial charge in [-0.3, -0.25) is 9.89 Å². The fraction of sp³-hybridized carbons (Fsp3) is 0.417. The lowest BCUT2D eigenvalue weighted by Gasteiger charge is -2.02. The summed E-state index contributed by atoms with van der Waals surface area (Å²) in [6, 6.07) is 1.88. The van der Waals surface area contributed by atoms with E-state index in [0.717, 1.165) is 29.9 Å². The molecule has 0 radical (unpaired) electrons. The molecular formula is C12H13BrN4O. The Morgan fingerprint density at radius 3 is 2.50 bits per heavy atom. The first-order valence-corrected chi connectivity index (χ1v) is 6.68. The van der Waals surface area contributed by atoms with E-state index in [1.165, 1.54) is 4.68 Å². The fourth-order valence-corrected chi connectivity index (χ4v) is 2.61. The van der Waals surface area contributed by atoms with Crippen LogP contribution in [0.15, 0.2) is 15.3 Å². The average molecular weight is 309 g/mol. The number of nitrogens with one attached hydrogen (secondary N) is 1. The fourth-order valence-electron chi connectivity index (χ4n) is 2.02. The van der Waals surface area contributed by atoms with Gasteiger partial charge in [-0.15, -0.1) is 0 Å². The molecule has 3 rings (SSSR count). The molecule has 18 heavy (non-hydrogen) atoms. The van der Waals surface area contributed by atoms with Crippen molar-refractivity contribution in [2.75, 3.05) is 0 Å². The molecule has 2 aromatic heterocycles. The van der Waals surface area contributed by atoms with E-state index in [-0.39, 0.29) is 5.56 Å². The topological polar surface area (TPSA) is 63.6 Å². The van der Waals surface area contributed by atoms with Gasteiger partial charge in [0.1, 0.15) is 4.47 Å². The molecule has 1 N–H and O–H groups in total. The van der Waals surface area contributed by atoms with E-state index < -0.39 is 0 Å². The van der Waals surface area contributed by atoms with Gasteiger partial charge in [-0.2, -0.15) is 4.68 Å².